The van der Waals surface area contributed by atoms with Crippen molar-refractivity contribution in [1.82, 2.24) is 9.97 Å². The predicted octanol–water partition coefficient (Wildman–Crippen LogP) is 5.07. The van der Waals surface area contributed by atoms with Crippen LogP contribution in [0.4, 0.5) is 26.2 Å². The average Bonchev–Trinajstić information content (AvgIpc) is 2.56. The van der Waals surface area contributed by atoms with Gasteiger partial charge in [0.1, 0.15) is 17.5 Å². The lowest BCUT2D eigenvalue weighted by atomic mass is 10.2. The molecular formula is C18H15ClF2N4. The minimum Gasteiger partial charge on any atom is -0.366 e. The summed E-state index contributed by atoms with van der Waals surface area (Å²) in [6.45, 7) is 2.29. The summed E-state index contributed by atoms with van der Waals surface area (Å²) in [6, 6.07) is 12.5. The predicted molar refractivity (Wildman–Crippen MR) is 95.2 cm³/mol. The Kier molecular flexibility index (Phi) is 5.09. The summed E-state index contributed by atoms with van der Waals surface area (Å²) in [6.07, 6.45) is 0. The zero-order valence-corrected chi connectivity index (χ0v) is 14.1. The molecule has 3 rings (SSSR count). The quantitative estimate of drug-likeness (QED) is 0.666. The van der Waals surface area contributed by atoms with Gasteiger partial charge in [-0.2, -0.15) is 4.98 Å². The highest BCUT2D eigenvalue weighted by molar-refractivity contribution is 6.31. The molecule has 0 aliphatic heterocycles. The molecule has 0 spiro atoms. The molecule has 0 saturated carbocycles. The van der Waals surface area contributed by atoms with Crippen LogP contribution in [0.15, 0.2) is 48.5 Å². The van der Waals surface area contributed by atoms with Crippen LogP contribution in [0.3, 0.4) is 0 Å². The number of benzene rings is 2. The van der Waals surface area contributed by atoms with Crippen molar-refractivity contribution in [3.05, 3.63) is 76.4 Å². The van der Waals surface area contributed by atoms with Gasteiger partial charge in [0.25, 0.3) is 0 Å². The lowest BCUT2D eigenvalue weighted by Crippen LogP contribution is -2.06. The van der Waals surface area contributed by atoms with E-state index in [4.69, 9.17) is 11.6 Å². The number of aryl methyl sites for hydroxylation is 1. The first-order valence-corrected chi connectivity index (χ1v) is 7.94. The second kappa shape index (κ2) is 7.44. The molecule has 0 bridgehead atoms. The number of aromatic nitrogens is 2. The van der Waals surface area contributed by atoms with Gasteiger partial charge in [-0.05, 0) is 30.7 Å². The number of hydrogen-bond acceptors (Lipinski definition) is 4. The molecule has 0 amide bonds. The van der Waals surface area contributed by atoms with Gasteiger partial charge in [0.2, 0.25) is 5.95 Å². The molecule has 0 atom stereocenters. The van der Waals surface area contributed by atoms with Crippen molar-refractivity contribution in [2.24, 2.45) is 0 Å². The minimum absolute atomic E-state index is 0.101. The van der Waals surface area contributed by atoms with E-state index in [9.17, 15) is 8.78 Å². The van der Waals surface area contributed by atoms with Crippen LogP contribution in [0, 0.1) is 18.6 Å². The van der Waals surface area contributed by atoms with E-state index in [-0.39, 0.29) is 11.6 Å². The molecule has 0 unspecified atom stereocenters. The fraction of sp³-hybridized carbons (Fsp3) is 0.111. The van der Waals surface area contributed by atoms with E-state index in [1.807, 2.05) is 24.3 Å². The van der Waals surface area contributed by atoms with Gasteiger partial charge in [-0.25, -0.2) is 13.8 Å². The van der Waals surface area contributed by atoms with Crippen molar-refractivity contribution >= 4 is 29.1 Å². The van der Waals surface area contributed by atoms with Crippen LogP contribution in [-0.2, 0) is 6.54 Å². The summed E-state index contributed by atoms with van der Waals surface area (Å²) >= 11 is 6.13. The second-order valence-corrected chi connectivity index (χ2v) is 5.82. The Morgan fingerprint density at radius 3 is 2.60 bits per heavy atom. The number of anilines is 3. The Bertz CT molecular complexity index is 902. The van der Waals surface area contributed by atoms with Crippen molar-refractivity contribution in [2.75, 3.05) is 10.6 Å². The average molecular weight is 361 g/mol. The molecule has 25 heavy (non-hydrogen) atoms. The Hall–Kier alpha value is -2.73. The smallest absolute Gasteiger partial charge is 0.229 e. The fourth-order valence-corrected chi connectivity index (χ4v) is 2.46. The van der Waals surface area contributed by atoms with Crippen LogP contribution < -0.4 is 10.6 Å². The van der Waals surface area contributed by atoms with Crippen molar-refractivity contribution in [3.8, 4) is 0 Å². The van der Waals surface area contributed by atoms with E-state index in [0.29, 0.717) is 23.1 Å². The van der Waals surface area contributed by atoms with Crippen LogP contribution in [-0.4, -0.2) is 9.97 Å². The van der Waals surface area contributed by atoms with E-state index in [1.54, 1.807) is 13.0 Å². The Balaban J connectivity index is 1.77. The number of rotatable bonds is 5. The maximum Gasteiger partial charge on any atom is 0.229 e. The summed E-state index contributed by atoms with van der Waals surface area (Å²) in [5.41, 5.74) is 1.73. The lowest BCUT2D eigenvalue weighted by molar-refractivity contribution is 0.586. The van der Waals surface area contributed by atoms with Gasteiger partial charge in [0.05, 0.1) is 5.69 Å². The molecule has 4 nitrogen and oxygen atoms in total. The highest BCUT2D eigenvalue weighted by Crippen LogP contribution is 2.21. The van der Waals surface area contributed by atoms with Crippen molar-refractivity contribution in [3.63, 3.8) is 0 Å². The maximum atomic E-state index is 13.8. The van der Waals surface area contributed by atoms with Gasteiger partial charge >= 0.3 is 0 Å². The normalized spacial score (nSPS) is 10.6. The molecule has 1 aromatic heterocycles. The Morgan fingerprint density at radius 2 is 1.84 bits per heavy atom. The molecule has 128 valence electrons. The number of halogens is 3. The number of nitrogens with zero attached hydrogens (tertiary/aromatic N) is 2. The summed E-state index contributed by atoms with van der Waals surface area (Å²) in [4.78, 5) is 8.52. The van der Waals surface area contributed by atoms with Gasteiger partial charge in [-0.15, -0.1) is 0 Å². The Labute approximate surface area is 148 Å². The minimum atomic E-state index is -0.712. The number of hydrogen-bond donors (Lipinski definition) is 2. The maximum absolute atomic E-state index is 13.8. The third kappa shape index (κ3) is 4.42. The van der Waals surface area contributed by atoms with Crippen LogP contribution in [0.5, 0.6) is 0 Å². The summed E-state index contributed by atoms with van der Waals surface area (Å²) in [5.74, 6) is -0.574. The summed E-state index contributed by atoms with van der Waals surface area (Å²) in [7, 11) is 0. The first kappa shape index (κ1) is 17.1. The molecule has 3 aromatic rings. The van der Waals surface area contributed by atoms with Gasteiger partial charge in [0.15, 0.2) is 0 Å². The molecular weight excluding hydrogens is 346 g/mol. The zero-order chi connectivity index (χ0) is 17.8. The van der Waals surface area contributed by atoms with E-state index < -0.39 is 11.6 Å². The molecule has 0 fully saturated rings. The summed E-state index contributed by atoms with van der Waals surface area (Å²) in [5, 5.41) is 6.58. The summed E-state index contributed by atoms with van der Waals surface area (Å²) < 4.78 is 26.8. The molecule has 0 radical (unpaired) electrons. The monoisotopic (exact) mass is 360 g/mol. The van der Waals surface area contributed by atoms with E-state index >= 15 is 0 Å². The third-order valence-electron chi connectivity index (χ3n) is 3.45. The molecule has 0 aliphatic carbocycles. The molecule has 0 saturated heterocycles. The van der Waals surface area contributed by atoms with Crippen LogP contribution in [0.2, 0.25) is 5.02 Å². The standard InChI is InChI=1S/C18H15ClF2N4/c1-11-8-17(22-10-12-4-2-3-5-14(12)19)25-18(23-11)24-16-7-6-13(20)9-15(16)21/h2-9H,10H2,1H3,(H2,22,23,24,25). The largest absolute Gasteiger partial charge is 0.366 e. The van der Waals surface area contributed by atoms with E-state index in [0.717, 1.165) is 17.7 Å². The molecule has 2 N–H and O–H groups in total. The topological polar surface area (TPSA) is 49.8 Å². The van der Waals surface area contributed by atoms with Gasteiger partial charge in [0, 0.05) is 29.4 Å². The van der Waals surface area contributed by atoms with Gasteiger partial charge in [-0.1, -0.05) is 29.8 Å². The second-order valence-electron chi connectivity index (χ2n) is 5.41. The van der Waals surface area contributed by atoms with Gasteiger partial charge in [-0.3, -0.25) is 0 Å². The molecule has 2 aromatic carbocycles. The zero-order valence-electron chi connectivity index (χ0n) is 13.4. The van der Waals surface area contributed by atoms with Crippen molar-refractivity contribution < 1.29 is 8.78 Å². The van der Waals surface area contributed by atoms with E-state index in [2.05, 4.69) is 20.6 Å². The Morgan fingerprint density at radius 1 is 1.04 bits per heavy atom. The fourth-order valence-electron chi connectivity index (χ4n) is 2.25. The highest BCUT2D eigenvalue weighted by Gasteiger charge is 2.08. The third-order valence-corrected chi connectivity index (χ3v) is 3.82. The van der Waals surface area contributed by atoms with Crippen LogP contribution in [0.25, 0.3) is 0 Å². The first-order valence-electron chi connectivity index (χ1n) is 7.56. The molecule has 1 heterocycles. The van der Waals surface area contributed by atoms with E-state index in [1.165, 1.54) is 6.07 Å². The SMILES string of the molecule is Cc1cc(NCc2ccccc2Cl)nc(Nc2ccc(F)cc2F)n1. The highest BCUT2D eigenvalue weighted by atomic mass is 35.5. The molecule has 0 aliphatic rings. The molecule has 7 heteroatoms. The van der Waals surface area contributed by atoms with Gasteiger partial charge < -0.3 is 10.6 Å². The first-order chi connectivity index (χ1) is 12.0. The van der Waals surface area contributed by atoms with Crippen LogP contribution >= 0.6 is 11.6 Å². The van der Waals surface area contributed by atoms with Crippen LogP contribution in [0.1, 0.15) is 11.3 Å². The van der Waals surface area contributed by atoms with Crippen molar-refractivity contribution in [1.29, 1.82) is 0 Å². The number of nitrogens with one attached hydrogen (secondary N) is 2. The van der Waals surface area contributed by atoms with Crippen molar-refractivity contribution in [2.45, 2.75) is 13.5 Å². The lowest BCUT2D eigenvalue weighted by Gasteiger charge is -2.11.